The molecule has 2 unspecified atom stereocenters. The number of nitrogens with zero attached hydrogens (tertiary/aromatic N) is 1. The maximum Gasteiger partial charge on any atom is 0.317 e. The normalized spacial score (nSPS) is 15.5. The van der Waals surface area contributed by atoms with Gasteiger partial charge in [0.15, 0.2) is 0 Å². The number of amides is 3. The van der Waals surface area contributed by atoms with Gasteiger partial charge in [0.1, 0.15) is 0 Å². The standard InChI is InChI=1S/C22H27N3O2/c1-15(23-22(27)25(3)16(2)17-12-13-17)19-10-7-11-20(14-19)24-21(26)18-8-5-4-6-9-18/h4-11,14-17H,12-13H2,1-3H3,(H,23,27)(H,24,26). The molecule has 5 nitrogen and oxygen atoms in total. The Morgan fingerprint density at radius 3 is 2.41 bits per heavy atom. The largest absolute Gasteiger partial charge is 0.331 e. The smallest absolute Gasteiger partial charge is 0.317 e. The molecule has 0 aliphatic heterocycles. The van der Waals surface area contributed by atoms with Gasteiger partial charge < -0.3 is 15.5 Å². The third-order valence-electron chi connectivity index (χ3n) is 5.26. The van der Waals surface area contributed by atoms with Crippen LogP contribution in [0.4, 0.5) is 10.5 Å². The van der Waals surface area contributed by atoms with E-state index in [1.807, 2.05) is 56.4 Å². The van der Waals surface area contributed by atoms with Crippen molar-refractivity contribution in [2.75, 3.05) is 12.4 Å². The fourth-order valence-electron chi connectivity index (χ4n) is 3.13. The predicted molar refractivity (Wildman–Crippen MR) is 108 cm³/mol. The summed E-state index contributed by atoms with van der Waals surface area (Å²) in [6.45, 7) is 4.05. The molecule has 0 bridgehead atoms. The van der Waals surface area contributed by atoms with Crippen molar-refractivity contribution in [3.05, 3.63) is 65.7 Å². The number of urea groups is 1. The van der Waals surface area contributed by atoms with Gasteiger partial charge in [-0.3, -0.25) is 4.79 Å². The zero-order chi connectivity index (χ0) is 19.4. The third kappa shape index (κ3) is 4.88. The SMILES string of the molecule is CC(NC(=O)N(C)C(C)C1CC1)c1cccc(NC(=O)c2ccccc2)c1. The summed E-state index contributed by atoms with van der Waals surface area (Å²) in [5.41, 5.74) is 2.27. The van der Waals surface area contributed by atoms with Crippen LogP contribution < -0.4 is 10.6 Å². The van der Waals surface area contributed by atoms with Gasteiger partial charge in [0.25, 0.3) is 5.91 Å². The minimum atomic E-state index is -0.153. The van der Waals surface area contributed by atoms with E-state index in [0.717, 1.165) is 5.56 Å². The van der Waals surface area contributed by atoms with Gasteiger partial charge in [0.05, 0.1) is 6.04 Å². The first-order valence-corrected chi connectivity index (χ1v) is 9.45. The molecule has 142 valence electrons. The van der Waals surface area contributed by atoms with Gasteiger partial charge in [-0.2, -0.15) is 0 Å². The molecule has 0 radical (unpaired) electrons. The Morgan fingerprint density at radius 1 is 1.04 bits per heavy atom. The fourth-order valence-corrected chi connectivity index (χ4v) is 3.13. The second-order valence-corrected chi connectivity index (χ2v) is 7.31. The van der Waals surface area contributed by atoms with E-state index in [1.165, 1.54) is 12.8 Å². The van der Waals surface area contributed by atoms with Gasteiger partial charge in [0.2, 0.25) is 0 Å². The Kier molecular flexibility index (Phi) is 5.79. The molecule has 5 heteroatoms. The lowest BCUT2D eigenvalue weighted by Crippen LogP contribution is -2.44. The van der Waals surface area contributed by atoms with Crippen molar-refractivity contribution in [2.45, 2.75) is 38.8 Å². The number of benzene rings is 2. The van der Waals surface area contributed by atoms with Crippen molar-refractivity contribution in [3.63, 3.8) is 0 Å². The molecule has 2 aromatic carbocycles. The minimum absolute atomic E-state index is 0.0689. The maximum absolute atomic E-state index is 12.5. The van der Waals surface area contributed by atoms with Gasteiger partial charge in [-0.15, -0.1) is 0 Å². The average Bonchev–Trinajstić information content (AvgIpc) is 3.53. The van der Waals surface area contributed by atoms with E-state index >= 15 is 0 Å². The molecule has 1 aliphatic carbocycles. The highest BCUT2D eigenvalue weighted by atomic mass is 16.2. The highest BCUT2D eigenvalue weighted by Gasteiger charge is 2.32. The van der Waals surface area contributed by atoms with Crippen molar-refractivity contribution < 1.29 is 9.59 Å². The molecule has 0 saturated heterocycles. The average molecular weight is 365 g/mol. The van der Waals surface area contributed by atoms with Gasteiger partial charge >= 0.3 is 6.03 Å². The van der Waals surface area contributed by atoms with E-state index in [2.05, 4.69) is 17.6 Å². The third-order valence-corrected chi connectivity index (χ3v) is 5.26. The molecular weight excluding hydrogens is 338 g/mol. The van der Waals surface area contributed by atoms with Crippen molar-refractivity contribution in [3.8, 4) is 0 Å². The molecule has 3 rings (SSSR count). The lowest BCUT2D eigenvalue weighted by atomic mass is 10.1. The molecule has 2 atom stereocenters. The van der Waals surface area contributed by atoms with Crippen molar-refractivity contribution in [1.82, 2.24) is 10.2 Å². The van der Waals surface area contributed by atoms with Crippen molar-refractivity contribution >= 4 is 17.6 Å². The second kappa shape index (κ2) is 8.25. The summed E-state index contributed by atoms with van der Waals surface area (Å²) in [6, 6.07) is 16.7. The Morgan fingerprint density at radius 2 is 1.74 bits per heavy atom. The number of nitrogens with one attached hydrogen (secondary N) is 2. The van der Waals surface area contributed by atoms with E-state index < -0.39 is 0 Å². The summed E-state index contributed by atoms with van der Waals surface area (Å²) >= 11 is 0. The first-order chi connectivity index (χ1) is 13.0. The van der Waals surface area contributed by atoms with Gasteiger partial charge in [-0.1, -0.05) is 30.3 Å². The highest BCUT2D eigenvalue weighted by Crippen LogP contribution is 2.34. The molecule has 2 N–H and O–H groups in total. The molecule has 2 aromatic rings. The minimum Gasteiger partial charge on any atom is -0.331 e. The van der Waals surface area contributed by atoms with E-state index in [9.17, 15) is 9.59 Å². The molecule has 3 amide bonds. The van der Waals surface area contributed by atoms with Crippen LogP contribution in [0, 0.1) is 5.92 Å². The first-order valence-electron chi connectivity index (χ1n) is 9.45. The zero-order valence-corrected chi connectivity index (χ0v) is 16.1. The first kappa shape index (κ1) is 19.0. The Bertz CT molecular complexity index is 802. The Balaban J connectivity index is 1.62. The van der Waals surface area contributed by atoms with Crippen molar-refractivity contribution in [2.24, 2.45) is 5.92 Å². The molecular formula is C22H27N3O2. The van der Waals surface area contributed by atoms with Crippen LogP contribution in [0.15, 0.2) is 54.6 Å². The van der Waals surface area contributed by atoms with Crippen LogP contribution >= 0.6 is 0 Å². The summed E-state index contributed by atoms with van der Waals surface area (Å²) in [4.78, 5) is 26.6. The number of hydrogen-bond donors (Lipinski definition) is 2. The van der Waals surface area contributed by atoms with E-state index in [1.54, 1.807) is 17.0 Å². The van der Waals surface area contributed by atoms with Crippen LogP contribution in [0.1, 0.15) is 48.7 Å². The Labute approximate surface area is 160 Å². The highest BCUT2D eigenvalue weighted by molar-refractivity contribution is 6.04. The molecule has 1 saturated carbocycles. The molecule has 0 spiro atoms. The van der Waals surface area contributed by atoms with Crippen LogP contribution in [0.5, 0.6) is 0 Å². The van der Waals surface area contributed by atoms with Crippen LogP contribution in [-0.4, -0.2) is 29.9 Å². The van der Waals surface area contributed by atoms with Crippen LogP contribution in [0.2, 0.25) is 0 Å². The van der Waals surface area contributed by atoms with Gasteiger partial charge in [0, 0.05) is 24.3 Å². The lowest BCUT2D eigenvalue weighted by molar-refractivity contribution is 0.102. The van der Waals surface area contributed by atoms with E-state index in [-0.39, 0.29) is 24.0 Å². The zero-order valence-electron chi connectivity index (χ0n) is 16.1. The number of rotatable bonds is 6. The number of hydrogen-bond acceptors (Lipinski definition) is 2. The predicted octanol–water partition coefficient (Wildman–Crippen LogP) is 4.44. The molecule has 1 fully saturated rings. The summed E-state index contributed by atoms with van der Waals surface area (Å²) in [7, 11) is 1.85. The van der Waals surface area contributed by atoms with Crippen LogP contribution in [-0.2, 0) is 0 Å². The lowest BCUT2D eigenvalue weighted by Gasteiger charge is -2.27. The molecule has 0 heterocycles. The number of carbonyl (C=O) groups excluding carboxylic acids is 2. The fraction of sp³-hybridized carbons (Fsp3) is 0.364. The van der Waals surface area contributed by atoms with Crippen LogP contribution in [0.3, 0.4) is 0 Å². The second-order valence-electron chi connectivity index (χ2n) is 7.31. The van der Waals surface area contributed by atoms with Crippen molar-refractivity contribution in [1.29, 1.82) is 0 Å². The van der Waals surface area contributed by atoms with Gasteiger partial charge in [-0.25, -0.2) is 4.79 Å². The van der Waals surface area contributed by atoms with Crippen LogP contribution in [0.25, 0.3) is 0 Å². The molecule has 1 aliphatic rings. The number of carbonyl (C=O) groups is 2. The maximum atomic E-state index is 12.5. The Hall–Kier alpha value is -2.82. The van der Waals surface area contributed by atoms with E-state index in [4.69, 9.17) is 0 Å². The quantitative estimate of drug-likeness (QED) is 0.795. The molecule has 27 heavy (non-hydrogen) atoms. The topological polar surface area (TPSA) is 61.4 Å². The van der Waals surface area contributed by atoms with E-state index in [0.29, 0.717) is 17.2 Å². The molecule has 0 aromatic heterocycles. The monoisotopic (exact) mass is 365 g/mol. The summed E-state index contributed by atoms with van der Waals surface area (Å²) in [5.74, 6) is 0.481. The summed E-state index contributed by atoms with van der Waals surface area (Å²) in [5, 5.41) is 5.95. The summed E-state index contributed by atoms with van der Waals surface area (Å²) in [6.07, 6.45) is 2.41. The summed E-state index contributed by atoms with van der Waals surface area (Å²) < 4.78 is 0. The number of anilines is 1. The van der Waals surface area contributed by atoms with Gasteiger partial charge in [-0.05, 0) is 62.4 Å².